The summed E-state index contributed by atoms with van der Waals surface area (Å²) in [7, 11) is 1.63. The lowest BCUT2D eigenvalue weighted by atomic mass is 10.2. The number of halogens is 1. The fourth-order valence-corrected chi connectivity index (χ4v) is 2.00. The minimum Gasteiger partial charge on any atom is -0.493 e. The zero-order valence-corrected chi connectivity index (χ0v) is 13.2. The fourth-order valence-electron chi connectivity index (χ4n) is 2.00. The van der Waals surface area contributed by atoms with Crippen LogP contribution < -0.4 is 14.8 Å². The molecule has 2 aromatic carbocycles. The van der Waals surface area contributed by atoms with Gasteiger partial charge in [-0.3, -0.25) is 0 Å². The lowest BCUT2D eigenvalue weighted by Gasteiger charge is -2.14. The highest BCUT2D eigenvalue weighted by Crippen LogP contribution is 2.28. The maximum absolute atomic E-state index is 13.2. The molecule has 0 atom stereocenters. The van der Waals surface area contributed by atoms with Crippen molar-refractivity contribution in [1.29, 1.82) is 0 Å². The van der Waals surface area contributed by atoms with Crippen molar-refractivity contribution in [2.24, 2.45) is 5.92 Å². The first-order valence-corrected chi connectivity index (χ1v) is 7.37. The van der Waals surface area contributed by atoms with Crippen molar-refractivity contribution in [3.63, 3.8) is 0 Å². The van der Waals surface area contributed by atoms with Crippen LogP contribution in [0.15, 0.2) is 42.5 Å². The van der Waals surface area contributed by atoms with Crippen LogP contribution >= 0.6 is 0 Å². The molecule has 0 aliphatic carbocycles. The Balaban J connectivity index is 2.06. The van der Waals surface area contributed by atoms with E-state index >= 15 is 0 Å². The van der Waals surface area contributed by atoms with Crippen LogP contribution in [0, 0.1) is 11.7 Å². The van der Waals surface area contributed by atoms with Gasteiger partial charge in [-0.05, 0) is 41.8 Å². The second-order valence-electron chi connectivity index (χ2n) is 5.55. The van der Waals surface area contributed by atoms with Crippen LogP contribution in [-0.2, 0) is 6.54 Å². The molecule has 0 unspecified atom stereocenters. The van der Waals surface area contributed by atoms with Crippen LogP contribution in [0.25, 0.3) is 0 Å². The molecule has 2 aromatic rings. The van der Waals surface area contributed by atoms with Crippen molar-refractivity contribution < 1.29 is 13.9 Å². The summed E-state index contributed by atoms with van der Waals surface area (Å²) in [4.78, 5) is 0. The van der Waals surface area contributed by atoms with Crippen LogP contribution in [0.5, 0.6) is 11.5 Å². The molecule has 0 radical (unpaired) electrons. The third-order valence-electron chi connectivity index (χ3n) is 3.12. The fraction of sp³-hybridized carbons (Fsp3) is 0.333. The highest BCUT2D eigenvalue weighted by atomic mass is 19.1. The molecule has 4 heteroatoms. The molecule has 0 aromatic heterocycles. The van der Waals surface area contributed by atoms with Crippen LogP contribution in [0.4, 0.5) is 10.1 Å². The summed E-state index contributed by atoms with van der Waals surface area (Å²) in [6.45, 7) is 5.42. The third-order valence-corrected chi connectivity index (χ3v) is 3.12. The molecule has 0 saturated carbocycles. The number of nitrogens with one attached hydrogen (secondary N) is 1. The Hall–Kier alpha value is -2.23. The van der Waals surface area contributed by atoms with Gasteiger partial charge in [0.2, 0.25) is 0 Å². The molecule has 1 N–H and O–H groups in total. The van der Waals surface area contributed by atoms with Gasteiger partial charge < -0.3 is 14.8 Å². The van der Waals surface area contributed by atoms with Gasteiger partial charge in [0.15, 0.2) is 11.5 Å². The molecule has 0 saturated heterocycles. The lowest BCUT2D eigenvalue weighted by Crippen LogP contribution is -2.06. The van der Waals surface area contributed by atoms with Gasteiger partial charge >= 0.3 is 0 Å². The standard InChI is InChI=1S/C18H22FNO2/c1-13(2)12-22-18-9-14(7-8-17(18)21-3)11-20-16-6-4-5-15(19)10-16/h4-10,13,20H,11-12H2,1-3H3. The van der Waals surface area contributed by atoms with Gasteiger partial charge in [-0.15, -0.1) is 0 Å². The SMILES string of the molecule is COc1ccc(CNc2cccc(F)c2)cc1OCC(C)C. The Bertz CT molecular complexity index is 614. The Morgan fingerprint density at radius 1 is 1.09 bits per heavy atom. The summed E-state index contributed by atoms with van der Waals surface area (Å²) < 4.78 is 24.3. The number of anilines is 1. The highest BCUT2D eigenvalue weighted by Gasteiger charge is 2.07. The van der Waals surface area contributed by atoms with E-state index in [-0.39, 0.29) is 5.82 Å². The average molecular weight is 303 g/mol. The van der Waals surface area contributed by atoms with E-state index in [1.165, 1.54) is 12.1 Å². The molecule has 0 fully saturated rings. The summed E-state index contributed by atoms with van der Waals surface area (Å²) in [5.41, 5.74) is 1.80. The minimum absolute atomic E-state index is 0.249. The van der Waals surface area contributed by atoms with Gasteiger partial charge in [0.05, 0.1) is 13.7 Å². The normalized spacial score (nSPS) is 10.6. The summed E-state index contributed by atoms with van der Waals surface area (Å²) in [5, 5.41) is 3.19. The topological polar surface area (TPSA) is 30.5 Å². The molecule has 2 rings (SSSR count). The van der Waals surface area contributed by atoms with Crippen LogP contribution in [0.1, 0.15) is 19.4 Å². The van der Waals surface area contributed by atoms with Gasteiger partial charge in [0, 0.05) is 12.2 Å². The van der Waals surface area contributed by atoms with Crippen molar-refractivity contribution in [3.8, 4) is 11.5 Å². The van der Waals surface area contributed by atoms with Gasteiger partial charge in [0.25, 0.3) is 0 Å². The van der Waals surface area contributed by atoms with Crippen LogP contribution in [0.2, 0.25) is 0 Å². The second kappa shape index (κ2) is 7.69. The quantitative estimate of drug-likeness (QED) is 0.818. The molecular formula is C18H22FNO2. The predicted molar refractivity (Wildman–Crippen MR) is 87.1 cm³/mol. The molecule has 0 heterocycles. The minimum atomic E-state index is -0.249. The molecule has 0 amide bonds. The van der Waals surface area contributed by atoms with Gasteiger partial charge in [-0.1, -0.05) is 26.0 Å². The third kappa shape index (κ3) is 4.65. The zero-order valence-electron chi connectivity index (χ0n) is 13.2. The van der Waals surface area contributed by atoms with E-state index in [9.17, 15) is 4.39 Å². The highest BCUT2D eigenvalue weighted by molar-refractivity contribution is 5.46. The monoisotopic (exact) mass is 303 g/mol. The van der Waals surface area contributed by atoms with E-state index in [0.717, 1.165) is 22.7 Å². The van der Waals surface area contributed by atoms with Crippen LogP contribution in [0.3, 0.4) is 0 Å². The number of hydrogen-bond donors (Lipinski definition) is 1. The molecule has 3 nitrogen and oxygen atoms in total. The number of benzene rings is 2. The smallest absolute Gasteiger partial charge is 0.161 e. The summed E-state index contributed by atoms with van der Waals surface area (Å²) in [5.74, 6) is 1.64. The first-order valence-electron chi connectivity index (χ1n) is 7.37. The first kappa shape index (κ1) is 16.1. The first-order chi connectivity index (χ1) is 10.6. The Morgan fingerprint density at radius 3 is 2.59 bits per heavy atom. The molecular weight excluding hydrogens is 281 g/mol. The second-order valence-corrected chi connectivity index (χ2v) is 5.55. The van der Waals surface area contributed by atoms with E-state index in [0.29, 0.717) is 19.1 Å². The Morgan fingerprint density at radius 2 is 1.91 bits per heavy atom. The largest absolute Gasteiger partial charge is 0.493 e. The number of rotatable bonds is 7. The Kier molecular flexibility index (Phi) is 5.64. The van der Waals surface area contributed by atoms with Crippen molar-refractivity contribution in [3.05, 3.63) is 53.8 Å². The lowest BCUT2D eigenvalue weighted by molar-refractivity contribution is 0.256. The van der Waals surface area contributed by atoms with Crippen molar-refractivity contribution >= 4 is 5.69 Å². The van der Waals surface area contributed by atoms with Gasteiger partial charge in [-0.25, -0.2) is 4.39 Å². The number of ether oxygens (including phenoxy) is 2. The summed E-state index contributed by atoms with van der Waals surface area (Å²) >= 11 is 0. The average Bonchev–Trinajstić information content (AvgIpc) is 2.51. The van der Waals surface area contributed by atoms with E-state index in [1.54, 1.807) is 13.2 Å². The molecule has 0 aliphatic heterocycles. The molecule has 0 spiro atoms. The summed E-state index contributed by atoms with van der Waals surface area (Å²) in [6, 6.07) is 12.2. The van der Waals surface area contributed by atoms with Crippen LogP contribution in [-0.4, -0.2) is 13.7 Å². The molecule has 0 bridgehead atoms. The van der Waals surface area contributed by atoms with Crippen molar-refractivity contribution in [1.82, 2.24) is 0 Å². The molecule has 118 valence electrons. The maximum Gasteiger partial charge on any atom is 0.161 e. The van der Waals surface area contributed by atoms with E-state index in [1.807, 2.05) is 24.3 Å². The molecule has 22 heavy (non-hydrogen) atoms. The van der Waals surface area contributed by atoms with Crippen molar-refractivity contribution in [2.75, 3.05) is 19.0 Å². The van der Waals surface area contributed by atoms with Gasteiger partial charge in [-0.2, -0.15) is 0 Å². The van der Waals surface area contributed by atoms with E-state index < -0.39 is 0 Å². The van der Waals surface area contributed by atoms with Crippen molar-refractivity contribution in [2.45, 2.75) is 20.4 Å². The molecule has 0 aliphatic rings. The summed E-state index contributed by atoms with van der Waals surface area (Å²) in [6.07, 6.45) is 0. The Labute approximate surface area is 131 Å². The van der Waals surface area contributed by atoms with E-state index in [4.69, 9.17) is 9.47 Å². The predicted octanol–water partition coefficient (Wildman–Crippen LogP) is 4.48. The van der Waals surface area contributed by atoms with E-state index in [2.05, 4.69) is 19.2 Å². The number of hydrogen-bond acceptors (Lipinski definition) is 3. The van der Waals surface area contributed by atoms with Gasteiger partial charge in [0.1, 0.15) is 5.82 Å². The maximum atomic E-state index is 13.2. The number of methoxy groups -OCH3 is 1. The zero-order chi connectivity index (χ0) is 15.9.